The topological polar surface area (TPSA) is 159 Å². The van der Waals surface area contributed by atoms with Crippen LogP contribution in [0.2, 0.25) is 0 Å². The predicted molar refractivity (Wildman–Crippen MR) is 220 cm³/mol. The molecular weight excluding hydrogens is 785 g/mol. The van der Waals surface area contributed by atoms with Crippen LogP contribution in [-0.2, 0) is 29.8 Å². The lowest BCUT2D eigenvalue weighted by Gasteiger charge is -2.31. The minimum Gasteiger partial charge on any atom is -0.444 e. The second-order valence-electron chi connectivity index (χ2n) is 18.1. The third-order valence-corrected chi connectivity index (χ3v) is 11.0. The van der Waals surface area contributed by atoms with E-state index < -0.39 is 67.2 Å². The Bertz CT molecular complexity index is 2310. The van der Waals surface area contributed by atoms with Crippen LogP contribution < -0.4 is 10.2 Å². The van der Waals surface area contributed by atoms with E-state index in [-0.39, 0.29) is 46.0 Å². The number of ether oxygens (including phenoxy) is 3. The first kappa shape index (κ1) is 45.0. The van der Waals surface area contributed by atoms with Crippen LogP contribution in [0.15, 0.2) is 53.6 Å². The molecule has 13 nitrogen and oxygen atoms in total. The van der Waals surface area contributed by atoms with E-state index in [0.29, 0.717) is 36.1 Å². The molecule has 59 heavy (non-hydrogen) atoms. The van der Waals surface area contributed by atoms with E-state index in [1.807, 2.05) is 13.8 Å². The highest BCUT2D eigenvalue weighted by Crippen LogP contribution is 2.44. The van der Waals surface area contributed by atoms with E-state index in [1.165, 1.54) is 24.3 Å². The molecule has 2 aromatic heterocycles. The van der Waals surface area contributed by atoms with Crippen molar-refractivity contribution in [2.75, 3.05) is 4.90 Å². The Morgan fingerprint density at radius 3 is 1.95 bits per heavy atom. The molecule has 0 radical (unpaired) electrons. The molecule has 4 aromatic rings. The number of pyridine rings is 1. The Morgan fingerprint density at radius 1 is 0.847 bits per heavy atom. The summed E-state index contributed by atoms with van der Waals surface area (Å²) in [7, 11) is -4.20. The Morgan fingerprint density at radius 2 is 1.42 bits per heavy atom. The largest absolute Gasteiger partial charge is 0.444 e. The quantitative estimate of drug-likeness (QED) is 0.169. The molecule has 0 unspecified atom stereocenters. The van der Waals surface area contributed by atoms with Crippen LogP contribution in [0.1, 0.15) is 125 Å². The minimum absolute atomic E-state index is 0.0245. The van der Waals surface area contributed by atoms with Crippen LogP contribution in [-0.4, -0.2) is 64.3 Å². The van der Waals surface area contributed by atoms with Gasteiger partial charge in [0.25, 0.3) is 0 Å². The number of rotatable bonds is 8. The molecular formula is C43H55F2N5O8S. The molecule has 2 aromatic carbocycles. The Labute approximate surface area is 344 Å². The Balaban J connectivity index is 1.69. The van der Waals surface area contributed by atoms with Crippen LogP contribution in [0, 0.1) is 11.6 Å². The van der Waals surface area contributed by atoms with Gasteiger partial charge in [-0.25, -0.2) is 36.6 Å². The zero-order valence-corrected chi connectivity index (χ0v) is 36.4. The number of fused-ring (bicyclic) bond motifs is 1. The fraction of sp³-hybridized carbons (Fsp3) is 0.512. The van der Waals surface area contributed by atoms with E-state index in [0.717, 1.165) is 23.8 Å². The summed E-state index contributed by atoms with van der Waals surface area (Å²) in [6, 6.07) is 8.32. The van der Waals surface area contributed by atoms with E-state index in [2.05, 4.69) is 5.32 Å². The van der Waals surface area contributed by atoms with Crippen LogP contribution in [0.25, 0.3) is 22.2 Å². The molecule has 0 saturated heterocycles. The lowest BCUT2D eigenvalue weighted by molar-refractivity contribution is 0.0425. The second kappa shape index (κ2) is 16.9. The van der Waals surface area contributed by atoms with Crippen molar-refractivity contribution in [2.24, 2.45) is 0 Å². The SMILES string of the molecule is CC(C)n1nc(-c2ccc(CS(=O)(=O)c3ccccc3F)cc2F)c2c(N(C(=O)OC(C)(C)C)C(=O)OC(C)(C)C)ncc(C3CCC(NC(=O)OC(C)(C)C)CC3)c21. The molecule has 0 aliphatic heterocycles. The number of hydrogen-bond acceptors (Lipinski definition) is 10. The van der Waals surface area contributed by atoms with Crippen molar-refractivity contribution < 1.29 is 45.8 Å². The van der Waals surface area contributed by atoms with Crippen molar-refractivity contribution in [3.05, 3.63) is 71.4 Å². The van der Waals surface area contributed by atoms with Gasteiger partial charge in [-0.05, 0) is 143 Å². The lowest BCUT2D eigenvalue weighted by atomic mass is 9.81. The summed E-state index contributed by atoms with van der Waals surface area (Å²) in [6.45, 7) is 19.0. The maximum absolute atomic E-state index is 16.6. The predicted octanol–water partition coefficient (Wildman–Crippen LogP) is 10.2. The molecule has 5 rings (SSSR count). The number of nitrogens with zero attached hydrogens (tertiary/aromatic N) is 4. The number of anilines is 1. The fourth-order valence-electron chi connectivity index (χ4n) is 6.93. The number of hydrogen-bond donors (Lipinski definition) is 1. The number of imide groups is 1. The Hall–Kier alpha value is -5.12. The van der Waals surface area contributed by atoms with Gasteiger partial charge in [0.05, 0.1) is 16.7 Å². The summed E-state index contributed by atoms with van der Waals surface area (Å²) in [5.41, 5.74) is -1.51. The summed E-state index contributed by atoms with van der Waals surface area (Å²) >= 11 is 0. The van der Waals surface area contributed by atoms with Gasteiger partial charge >= 0.3 is 18.3 Å². The summed E-state index contributed by atoms with van der Waals surface area (Å²) < 4.78 is 76.0. The van der Waals surface area contributed by atoms with Crippen molar-refractivity contribution in [1.29, 1.82) is 0 Å². The fourth-order valence-corrected chi connectivity index (χ4v) is 8.35. The molecule has 2 heterocycles. The summed E-state index contributed by atoms with van der Waals surface area (Å²) in [5, 5.41) is 8.02. The molecule has 1 fully saturated rings. The zero-order chi connectivity index (χ0) is 43.8. The lowest BCUT2D eigenvalue weighted by Crippen LogP contribution is -2.44. The van der Waals surface area contributed by atoms with E-state index >= 15 is 4.39 Å². The third-order valence-electron chi connectivity index (χ3n) is 9.29. The number of alkyl carbamates (subject to hydrolysis) is 1. The van der Waals surface area contributed by atoms with Gasteiger partial charge in [-0.1, -0.05) is 18.2 Å². The van der Waals surface area contributed by atoms with Gasteiger partial charge in [-0.2, -0.15) is 10.00 Å². The first-order chi connectivity index (χ1) is 27.2. The van der Waals surface area contributed by atoms with E-state index in [1.54, 1.807) is 73.2 Å². The van der Waals surface area contributed by atoms with Gasteiger partial charge in [-0.3, -0.25) is 4.68 Å². The van der Waals surface area contributed by atoms with Gasteiger partial charge in [0.2, 0.25) is 0 Å². The molecule has 1 aliphatic carbocycles. The van der Waals surface area contributed by atoms with Crippen molar-refractivity contribution in [2.45, 2.75) is 147 Å². The number of aromatic nitrogens is 3. The highest BCUT2D eigenvalue weighted by Gasteiger charge is 2.38. The molecule has 1 N–H and O–H groups in total. The molecule has 16 heteroatoms. The number of sulfone groups is 1. The molecule has 0 spiro atoms. The van der Waals surface area contributed by atoms with E-state index in [9.17, 15) is 27.2 Å². The number of halogens is 2. The molecule has 0 atom stereocenters. The number of amides is 3. The third kappa shape index (κ3) is 10.9. The summed E-state index contributed by atoms with van der Waals surface area (Å²) in [4.78, 5) is 45.6. The summed E-state index contributed by atoms with van der Waals surface area (Å²) in [6.07, 6.45) is 1.39. The van der Waals surface area contributed by atoms with Crippen LogP contribution in [0.5, 0.6) is 0 Å². The molecule has 3 amide bonds. The number of carbonyl (C=O) groups is 3. The van der Waals surface area contributed by atoms with Crippen molar-refractivity contribution >= 4 is 44.8 Å². The number of benzene rings is 2. The Kier molecular flexibility index (Phi) is 12.9. The maximum atomic E-state index is 16.6. The molecule has 320 valence electrons. The molecule has 1 saturated carbocycles. The van der Waals surface area contributed by atoms with Crippen LogP contribution in [0.4, 0.5) is 29.0 Å². The van der Waals surface area contributed by atoms with Crippen molar-refractivity contribution in [3.63, 3.8) is 0 Å². The first-order valence-electron chi connectivity index (χ1n) is 19.7. The average Bonchev–Trinajstić information content (AvgIpc) is 3.48. The number of carbonyl (C=O) groups excluding carboxylic acids is 3. The van der Waals surface area contributed by atoms with Gasteiger partial charge in [0, 0.05) is 23.8 Å². The maximum Gasteiger partial charge on any atom is 0.425 e. The smallest absolute Gasteiger partial charge is 0.425 e. The van der Waals surface area contributed by atoms with Crippen molar-refractivity contribution in [3.8, 4) is 11.3 Å². The summed E-state index contributed by atoms with van der Waals surface area (Å²) in [5.74, 6) is -2.78. The molecule has 1 aliphatic rings. The second-order valence-corrected chi connectivity index (χ2v) is 20.1. The highest BCUT2D eigenvalue weighted by atomic mass is 32.2. The van der Waals surface area contributed by atoms with E-state index in [4.69, 9.17) is 24.3 Å². The van der Waals surface area contributed by atoms with Gasteiger partial charge in [-0.15, -0.1) is 0 Å². The normalized spacial score (nSPS) is 16.5. The highest BCUT2D eigenvalue weighted by molar-refractivity contribution is 7.90. The zero-order valence-electron chi connectivity index (χ0n) is 35.6. The first-order valence-corrected chi connectivity index (χ1v) is 21.3. The average molecular weight is 840 g/mol. The van der Waals surface area contributed by atoms with Gasteiger partial charge in [0.1, 0.15) is 39.0 Å². The van der Waals surface area contributed by atoms with Crippen LogP contribution >= 0.6 is 0 Å². The van der Waals surface area contributed by atoms with Crippen molar-refractivity contribution in [1.82, 2.24) is 20.1 Å². The minimum atomic E-state index is -4.20. The van der Waals surface area contributed by atoms with Crippen LogP contribution in [0.3, 0.4) is 0 Å². The van der Waals surface area contributed by atoms with Gasteiger partial charge < -0.3 is 19.5 Å². The standard InChI is InChI=1S/C43H55F2N5O8S/c1-25(2)50-36-30(27-17-19-28(20-18-27)47-38(51)56-41(3,4)5)23-46-37(49(39(52)57-42(6,7)8)40(53)58-43(9,10)11)34(36)35(48-50)29-21-16-26(22-32(29)45)24-59(54,55)33-15-13-12-14-31(33)44/h12-16,21-23,25,27-28H,17-20,24H2,1-11H3,(H,47,51). The molecule has 0 bridgehead atoms. The number of nitrogens with one attached hydrogen (secondary N) is 1. The van der Waals surface area contributed by atoms with Gasteiger partial charge in [0.15, 0.2) is 15.7 Å². The monoisotopic (exact) mass is 839 g/mol.